The standard InChI is InChI=1S/C56H62O16/c1-3-49(57)69-31-39(71-53(63)43-11-7-5-9-41(43)51(59)60)29-65-13-15-67-47-22-48(68-16-14-66-30-40(32-70-50(58)4-2)72-54(64)44-12-8-6-10-42(44)52(61)62)46(56-24-34-19-37(27-56)38(20-34)28-56)21-45(47)55-23-33-17-35(25-55)36(18-33)26-55/h3-12,21-22,33-40H,1-2,13-20,23-32H2,(H,59,60)(H,61,62). The third kappa shape index (κ3) is 10.8. The minimum absolute atomic E-state index is 0.0254. The van der Waals surface area contributed by atoms with E-state index in [0.29, 0.717) is 35.5 Å². The van der Waals surface area contributed by atoms with Crippen molar-refractivity contribution >= 4 is 35.8 Å². The number of hydrogen-bond acceptors (Lipinski definition) is 14. The van der Waals surface area contributed by atoms with E-state index in [4.69, 9.17) is 37.9 Å². The van der Waals surface area contributed by atoms with Gasteiger partial charge in [0.25, 0.3) is 0 Å². The first-order valence-electron chi connectivity index (χ1n) is 25.0. The van der Waals surface area contributed by atoms with E-state index in [0.717, 1.165) is 62.2 Å². The van der Waals surface area contributed by atoms with Crippen molar-refractivity contribution in [3.63, 3.8) is 0 Å². The number of hydrogen-bond donors (Lipinski definition) is 2. The van der Waals surface area contributed by atoms with Crippen LogP contribution in [0.2, 0.25) is 0 Å². The second kappa shape index (κ2) is 21.7. The molecular weight excluding hydrogens is 929 g/mol. The number of carbonyl (C=O) groups is 6. The average molecular weight is 991 g/mol. The van der Waals surface area contributed by atoms with Crippen LogP contribution in [-0.2, 0) is 48.8 Å². The number of esters is 4. The third-order valence-corrected chi connectivity index (χ3v) is 16.1. The van der Waals surface area contributed by atoms with Gasteiger partial charge in [0.1, 0.15) is 37.9 Å². The number of carbonyl (C=O) groups excluding carboxylic acids is 4. The lowest BCUT2D eigenvalue weighted by Crippen LogP contribution is -2.35. The van der Waals surface area contributed by atoms with Gasteiger partial charge in [-0.05, 0) is 141 Å². The minimum atomic E-state index is -1.29. The van der Waals surface area contributed by atoms with Crippen LogP contribution in [0.5, 0.6) is 11.5 Å². The molecule has 8 saturated carbocycles. The van der Waals surface area contributed by atoms with Crippen molar-refractivity contribution in [2.45, 2.75) is 87.2 Å². The predicted octanol–water partition coefficient (Wildman–Crippen LogP) is 7.94. The van der Waals surface area contributed by atoms with Crippen molar-refractivity contribution in [1.82, 2.24) is 0 Å². The van der Waals surface area contributed by atoms with E-state index in [1.165, 1.54) is 85.3 Å². The number of ether oxygens (including phenoxy) is 8. The molecule has 0 amide bonds. The highest BCUT2D eigenvalue weighted by molar-refractivity contribution is 6.03. The van der Waals surface area contributed by atoms with Crippen molar-refractivity contribution in [3.8, 4) is 11.5 Å². The van der Waals surface area contributed by atoms with Gasteiger partial charge in [0.15, 0.2) is 12.2 Å². The summed E-state index contributed by atoms with van der Waals surface area (Å²) < 4.78 is 47.1. The maximum absolute atomic E-state index is 13.2. The fraction of sp³-hybridized carbons (Fsp3) is 0.500. The van der Waals surface area contributed by atoms with E-state index in [1.807, 2.05) is 6.07 Å². The molecule has 8 bridgehead atoms. The van der Waals surface area contributed by atoms with Gasteiger partial charge in [0.2, 0.25) is 0 Å². The highest BCUT2D eigenvalue weighted by atomic mass is 16.6. The number of carboxylic acid groups (broad SMARTS) is 2. The van der Waals surface area contributed by atoms with Crippen LogP contribution in [0.3, 0.4) is 0 Å². The Morgan fingerprint density at radius 1 is 0.528 bits per heavy atom. The molecule has 11 rings (SSSR count). The first-order valence-corrected chi connectivity index (χ1v) is 25.0. The van der Waals surface area contributed by atoms with Crippen LogP contribution in [0.1, 0.15) is 117 Å². The Morgan fingerprint density at radius 2 is 0.903 bits per heavy atom. The SMILES string of the molecule is C=CC(=O)OCC(COCCOc1cc(OCCOCC(COC(=O)C=C)OC(=O)c2ccccc2C(=O)O)c(C23CC4CC(C2)C(C4)C3)cc1C12CC3CC(C1)C(C3)C2)OC(=O)c1ccccc1C(=O)O. The maximum atomic E-state index is 13.2. The normalized spacial score (nSPS) is 26.6. The highest BCUT2D eigenvalue weighted by Gasteiger charge is 2.60. The molecular formula is C56H62O16. The van der Waals surface area contributed by atoms with Crippen molar-refractivity contribution in [1.29, 1.82) is 0 Å². The van der Waals surface area contributed by atoms with Gasteiger partial charge in [0.05, 0.1) is 48.7 Å². The van der Waals surface area contributed by atoms with Gasteiger partial charge in [0, 0.05) is 29.3 Å². The molecule has 6 unspecified atom stereocenters. The topological polar surface area (TPSA) is 217 Å². The van der Waals surface area contributed by atoms with Crippen molar-refractivity contribution < 1.29 is 76.9 Å². The maximum Gasteiger partial charge on any atom is 0.339 e. The monoisotopic (exact) mass is 990 g/mol. The number of benzene rings is 3. The van der Waals surface area contributed by atoms with Crippen LogP contribution >= 0.6 is 0 Å². The second-order valence-corrected chi connectivity index (χ2v) is 20.6. The molecule has 0 aromatic heterocycles. The summed E-state index contributed by atoms with van der Waals surface area (Å²) in [6, 6.07) is 15.8. The predicted molar refractivity (Wildman–Crippen MR) is 257 cm³/mol. The summed E-state index contributed by atoms with van der Waals surface area (Å²) in [6.07, 6.45) is 11.6. The smallest absolute Gasteiger partial charge is 0.339 e. The lowest BCUT2D eigenvalue weighted by Gasteiger charge is -2.43. The zero-order chi connectivity index (χ0) is 50.6. The van der Waals surface area contributed by atoms with Gasteiger partial charge in [-0.3, -0.25) is 0 Å². The lowest BCUT2D eigenvalue weighted by atomic mass is 9.62. The molecule has 3 aromatic carbocycles. The molecule has 16 nitrogen and oxygen atoms in total. The average Bonchev–Trinajstić information content (AvgIpc) is 4.01. The van der Waals surface area contributed by atoms with Crippen LogP contribution < -0.4 is 9.47 Å². The number of aromatic carboxylic acids is 2. The molecule has 72 heavy (non-hydrogen) atoms. The summed E-state index contributed by atoms with van der Waals surface area (Å²) in [6.45, 7) is 6.18. The molecule has 8 fully saturated rings. The first-order chi connectivity index (χ1) is 34.8. The molecule has 3 aromatic rings. The largest absolute Gasteiger partial charge is 0.491 e. The molecule has 0 heterocycles. The number of rotatable bonds is 26. The molecule has 0 spiro atoms. The van der Waals surface area contributed by atoms with Crippen LogP contribution in [-0.4, -0.2) is 111 Å². The van der Waals surface area contributed by atoms with Gasteiger partial charge in [-0.2, -0.15) is 0 Å². The van der Waals surface area contributed by atoms with Gasteiger partial charge in [-0.1, -0.05) is 37.4 Å². The van der Waals surface area contributed by atoms with E-state index in [1.54, 1.807) is 0 Å². The van der Waals surface area contributed by atoms with Crippen molar-refractivity contribution in [2.24, 2.45) is 35.5 Å². The molecule has 8 aliphatic rings. The Kier molecular flexibility index (Phi) is 15.2. The van der Waals surface area contributed by atoms with Crippen LogP contribution in [0, 0.1) is 35.5 Å². The Bertz CT molecular complexity index is 2370. The fourth-order valence-electron chi connectivity index (χ4n) is 13.6. The van der Waals surface area contributed by atoms with E-state index in [-0.39, 0.29) is 85.9 Å². The summed E-state index contributed by atoms with van der Waals surface area (Å²) in [5, 5.41) is 19.3. The molecule has 0 radical (unpaired) electrons. The summed E-state index contributed by atoms with van der Waals surface area (Å²) >= 11 is 0. The summed E-state index contributed by atoms with van der Waals surface area (Å²) in [7, 11) is 0. The molecule has 16 heteroatoms. The van der Waals surface area contributed by atoms with Gasteiger partial charge in [-0.15, -0.1) is 0 Å². The minimum Gasteiger partial charge on any atom is -0.491 e. The lowest BCUT2D eigenvalue weighted by molar-refractivity contribution is -0.143. The first kappa shape index (κ1) is 50.4. The summed E-state index contributed by atoms with van der Waals surface area (Å²) in [5.41, 5.74) is 1.62. The van der Waals surface area contributed by atoms with Crippen LogP contribution in [0.4, 0.5) is 0 Å². The second-order valence-electron chi connectivity index (χ2n) is 20.6. The van der Waals surface area contributed by atoms with E-state index in [2.05, 4.69) is 19.2 Å². The highest BCUT2D eigenvalue weighted by Crippen LogP contribution is 2.69. The quantitative estimate of drug-likeness (QED) is 0.0338. The van der Waals surface area contributed by atoms with Gasteiger partial charge >= 0.3 is 35.8 Å². The molecule has 6 atom stereocenters. The Morgan fingerprint density at radius 3 is 1.25 bits per heavy atom. The van der Waals surface area contributed by atoms with Gasteiger partial charge in [-0.25, -0.2) is 28.8 Å². The van der Waals surface area contributed by atoms with Crippen molar-refractivity contribution in [3.05, 3.63) is 119 Å². The molecule has 0 saturated heterocycles. The molecule has 0 aliphatic heterocycles. The molecule has 382 valence electrons. The zero-order valence-electron chi connectivity index (χ0n) is 40.3. The van der Waals surface area contributed by atoms with Crippen molar-refractivity contribution in [2.75, 3.05) is 52.9 Å². The van der Waals surface area contributed by atoms with E-state index < -0.39 is 48.0 Å². The van der Waals surface area contributed by atoms with E-state index >= 15 is 0 Å². The van der Waals surface area contributed by atoms with E-state index in [9.17, 15) is 39.0 Å². The summed E-state index contributed by atoms with van der Waals surface area (Å²) in [4.78, 5) is 74.1. The molecule has 8 aliphatic carbocycles. The number of carboxylic acids is 2. The fourth-order valence-corrected chi connectivity index (χ4v) is 13.6. The third-order valence-electron chi connectivity index (χ3n) is 16.1. The summed E-state index contributed by atoms with van der Waals surface area (Å²) in [5.74, 6) is -0.276. The zero-order valence-corrected chi connectivity index (χ0v) is 40.3. The Balaban J connectivity index is 0.920. The van der Waals surface area contributed by atoms with Crippen LogP contribution in [0.25, 0.3) is 0 Å². The van der Waals surface area contributed by atoms with Crippen LogP contribution in [0.15, 0.2) is 86.0 Å². The Labute approximate surface area is 417 Å². The Hall–Kier alpha value is -6.52. The van der Waals surface area contributed by atoms with Gasteiger partial charge < -0.3 is 48.1 Å². The molecule has 2 N–H and O–H groups in total.